The number of rotatable bonds is 2. The quantitative estimate of drug-likeness (QED) is 0.795. The third kappa shape index (κ3) is 1.94. The summed E-state index contributed by atoms with van der Waals surface area (Å²) in [5.74, 6) is 0. The number of carbonyl (C=O) groups excluding carboxylic acids is 1. The Kier molecular flexibility index (Phi) is 2.60. The Labute approximate surface area is 88.1 Å². The summed E-state index contributed by atoms with van der Waals surface area (Å²) in [6, 6.07) is 7.63. The van der Waals surface area contributed by atoms with E-state index in [9.17, 15) is 4.79 Å². The van der Waals surface area contributed by atoms with E-state index in [0.29, 0.717) is 6.54 Å². The lowest BCUT2D eigenvalue weighted by molar-refractivity contribution is 0.0963. The fourth-order valence-corrected chi connectivity index (χ4v) is 1.62. The van der Waals surface area contributed by atoms with Crippen molar-refractivity contribution in [3.63, 3.8) is 0 Å². The fraction of sp³-hybridized carbons (Fsp3) is 0.364. The molecule has 1 aromatic carbocycles. The molecule has 1 aliphatic rings. The van der Waals surface area contributed by atoms with Gasteiger partial charge in [-0.25, -0.2) is 4.79 Å². The SMILES string of the molecule is Cc1cccc(N2C[C@H](CO)OC2=O)c1. The van der Waals surface area contributed by atoms with Gasteiger partial charge in [0.1, 0.15) is 6.10 Å². The normalized spacial score (nSPS) is 20.5. The molecular weight excluding hydrogens is 194 g/mol. The summed E-state index contributed by atoms with van der Waals surface area (Å²) in [6.45, 7) is 2.25. The molecular formula is C11H13NO3. The van der Waals surface area contributed by atoms with Crippen LogP contribution in [0.4, 0.5) is 10.5 Å². The smallest absolute Gasteiger partial charge is 0.414 e. The first-order valence-corrected chi connectivity index (χ1v) is 4.86. The van der Waals surface area contributed by atoms with Gasteiger partial charge in [0.25, 0.3) is 0 Å². The number of benzene rings is 1. The minimum Gasteiger partial charge on any atom is -0.441 e. The highest BCUT2D eigenvalue weighted by atomic mass is 16.6. The number of anilines is 1. The Morgan fingerprint density at radius 3 is 3.00 bits per heavy atom. The molecule has 1 aliphatic heterocycles. The number of cyclic esters (lactones) is 1. The van der Waals surface area contributed by atoms with Crippen molar-refractivity contribution in [2.75, 3.05) is 18.1 Å². The molecule has 2 rings (SSSR count). The molecule has 4 heteroatoms. The summed E-state index contributed by atoms with van der Waals surface area (Å²) < 4.78 is 4.95. The summed E-state index contributed by atoms with van der Waals surface area (Å²) in [5.41, 5.74) is 1.91. The molecule has 0 unspecified atom stereocenters. The molecule has 1 amide bonds. The van der Waals surface area contributed by atoms with E-state index >= 15 is 0 Å². The highest BCUT2D eigenvalue weighted by molar-refractivity contribution is 5.89. The van der Waals surface area contributed by atoms with Gasteiger partial charge in [0.15, 0.2) is 0 Å². The van der Waals surface area contributed by atoms with Crippen molar-refractivity contribution in [3.8, 4) is 0 Å². The maximum atomic E-state index is 11.4. The number of nitrogens with zero attached hydrogens (tertiary/aromatic N) is 1. The van der Waals surface area contributed by atoms with Gasteiger partial charge in [0.05, 0.1) is 13.2 Å². The second kappa shape index (κ2) is 3.90. The van der Waals surface area contributed by atoms with E-state index in [2.05, 4.69) is 0 Å². The van der Waals surface area contributed by atoms with Crippen LogP contribution in [0.15, 0.2) is 24.3 Å². The third-order valence-electron chi connectivity index (χ3n) is 2.39. The lowest BCUT2D eigenvalue weighted by Crippen LogP contribution is -2.25. The maximum absolute atomic E-state index is 11.4. The predicted octanol–water partition coefficient (Wildman–Crippen LogP) is 1.31. The predicted molar refractivity (Wildman–Crippen MR) is 55.9 cm³/mol. The Bertz CT molecular complexity index is 378. The van der Waals surface area contributed by atoms with Gasteiger partial charge in [-0.05, 0) is 24.6 Å². The number of ether oxygens (including phenoxy) is 1. The molecule has 0 aliphatic carbocycles. The van der Waals surface area contributed by atoms with Gasteiger partial charge in [-0.1, -0.05) is 12.1 Å². The highest BCUT2D eigenvalue weighted by Gasteiger charge is 2.31. The molecule has 1 heterocycles. The maximum Gasteiger partial charge on any atom is 0.414 e. The molecule has 0 bridgehead atoms. The van der Waals surface area contributed by atoms with Crippen molar-refractivity contribution in [2.45, 2.75) is 13.0 Å². The molecule has 80 valence electrons. The first-order valence-electron chi connectivity index (χ1n) is 4.86. The van der Waals surface area contributed by atoms with Crippen LogP contribution in [0.25, 0.3) is 0 Å². The number of amides is 1. The summed E-state index contributed by atoms with van der Waals surface area (Å²) in [4.78, 5) is 13.0. The van der Waals surface area contributed by atoms with Crippen molar-refractivity contribution in [3.05, 3.63) is 29.8 Å². The molecule has 4 nitrogen and oxygen atoms in total. The fourth-order valence-electron chi connectivity index (χ4n) is 1.62. The largest absolute Gasteiger partial charge is 0.441 e. The van der Waals surface area contributed by atoms with Crippen LogP contribution >= 0.6 is 0 Å². The average Bonchev–Trinajstić information content (AvgIpc) is 2.60. The van der Waals surface area contributed by atoms with Gasteiger partial charge in [0, 0.05) is 5.69 Å². The molecule has 0 saturated carbocycles. The Morgan fingerprint density at radius 1 is 1.60 bits per heavy atom. The van der Waals surface area contributed by atoms with E-state index < -0.39 is 6.10 Å². The average molecular weight is 207 g/mol. The van der Waals surface area contributed by atoms with Crippen molar-refractivity contribution in [1.29, 1.82) is 0 Å². The van der Waals surface area contributed by atoms with Crippen LogP contribution in [-0.4, -0.2) is 30.5 Å². The zero-order chi connectivity index (χ0) is 10.8. The Morgan fingerprint density at radius 2 is 2.40 bits per heavy atom. The van der Waals surface area contributed by atoms with Crippen LogP contribution in [0.2, 0.25) is 0 Å². The van der Waals surface area contributed by atoms with Crippen LogP contribution in [0.3, 0.4) is 0 Å². The third-order valence-corrected chi connectivity index (χ3v) is 2.39. The van der Waals surface area contributed by atoms with Crippen molar-refractivity contribution in [1.82, 2.24) is 0 Å². The summed E-state index contributed by atoms with van der Waals surface area (Å²) in [7, 11) is 0. The molecule has 0 radical (unpaired) electrons. The summed E-state index contributed by atoms with van der Waals surface area (Å²) in [6.07, 6.45) is -0.794. The molecule has 1 saturated heterocycles. The van der Waals surface area contributed by atoms with Gasteiger partial charge in [-0.3, -0.25) is 4.90 Å². The van der Waals surface area contributed by atoms with E-state index in [1.165, 1.54) is 4.90 Å². The van der Waals surface area contributed by atoms with Gasteiger partial charge >= 0.3 is 6.09 Å². The number of aryl methyl sites for hydroxylation is 1. The number of aliphatic hydroxyl groups is 1. The molecule has 0 spiro atoms. The van der Waals surface area contributed by atoms with E-state index in [-0.39, 0.29) is 12.7 Å². The monoisotopic (exact) mass is 207 g/mol. The Hall–Kier alpha value is -1.55. The topological polar surface area (TPSA) is 49.8 Å². The number of hydrogen-bond donors (Lipinski definition) is 1. The summed E-state index contributed by atoms with van der Waals surface area (Å²) >= 11 is 0. The standard InChI is InChI=1S/C11H13NO3/c1-8-3-2-4-9(5-8)12-6-10(7-13)15-11(12)14/h2-5,10,13H,6-7H2,1H3/t10-/m1/s1. The molecule has 1 N–H and O–H groups in total. The highest BCUT2D eigenvalue weighted by Crippen LogP contribution is 2.22. The molecule has 1 aromatic rings. The molecule has 1 fully saturated rings. The van der Waals surface area contributed by atoms with Crippen LogP contribution in [0, 0.1) is 6.92 Å². The minimum atomic E-state index is -0.405. The second-order valence-corrected chi connectivity index (χ2v) is 3.64. The number of carbonyl (C=O) groups is 1. The van der Waals surface area contributed by atoms with Gasteiger partial charge in [-0.2, -0.15) is 0 Å². The van der Waals surface area contributed by atoms with E-state index in [1.807, 2.05) is 31.2 Å². The van der Waals surface area contributed by atoms with Gasteiger partial charge in [0.2, 0.25) is 0 Å². The van der Waals surface area contributed by atoms with Crippen LogP contribution in [-0.2, 0) is 4.74 Å². The van der Waals surface area contributed by atoms with Crippen molar-refractivity contribution >= 4 is 11.8 Å². The van der Waals surface area contributed by atoms with Crippen LogP contribution in [0.5, 0.6) is 0 Å². The first kappa shape index (κ1) is 9.98. The van der Waals surface area contributed by atoms with E-state index in [0.717, 1.165) is 11.3 Å². The zero-order valence-corrected chi connectivity index (χ0v) is 8.51. The van der Waals surface area contributed by atoms with Crippen LogP contribution in [0.1, 0.15) is 5.56 Å². The lowest BCUT2D eigenvalue weighted by Gasteiger charge is -2.12. The van der Waals surface area contributed by atoms with E-state index in [4.69, 9.17) is 9.84 Å². The zero-order valence-electron chi connectivity index (χ0n) is 8.51. The number of hydrogen-bond acceptors (Lipinski definition) is 3. The minimum absolute atomic E-state index is 0.131. The first-order chi connectivity index (χ1) is 7.20. The van der Waals surface area contributed by atoms with Gasteiger partial charge in [-0.15, -0.1) is 0 Å². The number of aliphatic hydroxyl groups excluding tert-OH is 1. The second-order valence-electron chi connectivity index (χ2n) is 3.64. The van der Waals surface area contributed by atoms with Crippen molar-refractivity contribution in [2.24, 2.45) is 0 Å². The van der Waals surface area contributed by atoms with Gasteiger partial charge < -0.3 is 9.84 Å². The molecule has 15 heavy (non-hydrogen) atoms. The Balaban J connectivity index is 2.21. The van der Waals surface area contributed by atoms with E-state index in [1.54, 1.807) is 0 Å². The van der Waals surface area contributed by atoms with Crippen molar-refractivity contribution < 1.29 is 14.6 Å². The lowest BCUT2D eigenvalue weighted by atomic mass is 10.2. The van der Waals surface area contributed by atoms with Crippen LogP contribution < -0.4 is 4.90 Å². The summed E-state index contributed by atoms with van der Waals surface area (Å²) in [5, 5.41) is 8.90. The molecule has 0 aromatic heterocycles. The molecule has 1 atom stereocenters.